The highest BCUT2D eigenvalue weighted by molar-refractivity contribution is 6.30. The number of hydrogen-bond donors (Lipinski definition) is 1. The van der Waals surface area contributed by atoms with Crippen LogP contribution in [0.2, 0.25) is 5.02 Å². The Kier molecular flexibility index (Phi) is 5.54. The van der Waals surface area contributed by atoms with E-state index in [0.29, 0.717) is 5.02 Å². The average molecular weight is 400 g/mol. The summed E-state index contributed by atoms with van der Waals surface area (Å²) in [7, 11) is 0. The van der Waals surface area contributed by atoms with Gasteiger partial charge in [-0.3, -0.25) is 4.79 Å². The van der Waals surface area contributed by atoms with E-state index in [1.807, 2.05) is 85.1 Å². The van der Waals surface area contributed by atoms with Crippen molar-refractivity contribution < 1.29 is 4.79 Å². The Bertz CT molecular complexity index is 1150. The lowest BCUT2D eigenvalue weighted by Gasteiger charge is -2.08. The molecule has 1 N–H and O–H groups in total. The minimum absolute atomic E-state index is 0.189. The molecule has 0 saturated carbocycles. The Hall–Kier alpha value is -3.63. The fourth-order valence-corrected chi connectivity index (χ4v) is 3.08. The number of nitrogens with zero attached hydrogens (tertiary/aromatic N) is 2. The molecule has 142 valence electrons. The van der Waals surface area contributed by atoms with Gasteiger partial charge >= 0.3 is 0 Å². The second-order valence-electron chi connectivity index (χ2n) is 6.43. The molecule has 0 bridgehead atoms. The largest absolute Gasteiger partial charge is 0.322 e. The van der Waals surface area contributed by atoms with E-state index in [2.05, 4.69) is 10.4 Å². The maximum atomic E-state index is 12.4. The highest BCUT2D eigenvalue weighted by Crippen LogP contribution is 2.28. The molecular formula is C24H18ClN3O. The first-order chi connectivity index (χ1) is 14.2. The molecule has 29 heavy (non-hydrogen) atoms. The molecule has 0 fully saturated rings. The van der Waals surface area contributed by atoms with Gasteiger partial charge < -0.3 is 5.32 Å². The van der Waals surface area contributed by atoms with E-state index in [9.17, 15) is 4.79 Å². The van der Waals surface area contributed by atoms with Crippen molar-refractivity contribution in [1.82, 2.24) is 9.78 Å². The molecule has 4 aromatic rings. The number of carbonyl (C=O) groups is 1. The van der Waals surface area contributed by atoms with Crippen LogP contribution in [-0.4, -0.2) is 15.7 Å². The van der Waals surface area contributed by atoms with Gasteiger partial charge in [-0.15, -0.1) is 0 Å². The molecule has 0 aliphatic carbocycles. The molecule has 1 heterocycles. The highest BCUT2D eigenvalue weighted by Gasteiger charge is 2.09. The first-order valence-electron chi connectivity index (χ1n) is 9.13. The molecule has 0 atom stereocenters. The molecular weight excluding hydrogens is 382 g/mol. The van der Waals surface area contributed by atoms with E-state index >= 15 is 0 Å². The molecule has 0 aliphatic rings. The average Bonchev–Trinajstić information content (AvgIpc) is 3.24. The second-order valence-corrected chi connectivity index (χ2v) is 6.87. The number of benzene rings is 3. The second kappa shape index (κ2) is 8.59. The molecule has 0 unspecified atom stereocenters. The maximum Gasteiger partial charge on any atom is 0.248 e. The molecule has 1 amide bonds. The van der Waals surface area contributed by atoms with Crippen LogP contribution < -0.4 is 5.32 Å². The maximum absolute atomic E-state index is 12.4. The molecule has 0 spiro atoms. The lowest BCUT2D eigenvalue weighted by Crippen LogP contribution is -2.08. The number of carbonyl (C=O) groups excluding carboxylic acids is 1. The van der Waals surface area contributed by atoms with Gasteiger partial charge in [-0.05, 0) is 42.0 Å². The van der Waals surface area contributed by atoms with Crippen LogP contribution in [0.5, 0.6) is 0 Å². The van der Waals surface area contributed by atoms with Crippen LogP contribution >= 0.6 is 11.6 Å². The quantitative estimate of drug-likeness (QED) is 0.428. The van der Waals surface area contributed by atoms with Crippen molar-refractivity contribution in [3.8, 4) is 16.8 Å². The number of amides is 1. The number of hydrogen-bond acceptors (Lipinski definition) is 2. The number of nitrogens with one attached hydrogen (secondary N) is 1. The first kappa shape index (κ1) is 18.7. The molecule has 4 nitrogen and oxygen atoms in total. The van der Waals surface area contributed by atoms with Gasteiger partial charge in [0.05, 0.1) is 11.9 Å². The van der Waals surface area contributed by atoms with Gasteiger partial charge in [-0.25, -0.2) is 4.68 Å². The zero-order chi connectivity index (χ0) is 20.1. The number of anilines is 1. The summed E-state index contributed by atoms with van der Waals surface area (Å²) in [6.07, 6.45) is 7.02. The van der Waals surface area contributed by atoms with E-state index in [-0.39, 0.29) is 5.91 Å². The van der Waals surface area contributed by atoms with E-state index in [4.69, 9.17) is 11.6 Å². The summed E-state index contributed by atoms with van der Waals surface area (Å²) in [5.41, 5.74) is 4.41. The lowest BCUT2D eigenvalue weighted by molar-refractivity contribution is -0.111. The number of para-hydroxylation sites is 1. The Morgan fingerprint density at radius 2 is 1.66 bits per heavy atom. The van der Waals surface area contributed by atoms with Crippen LogP contribution in [0.4, 0.5) is 5.69 Å². The molecule has 3 aromatic carbocycles. The van der Waals surface area contributed by atoms with Crippen molar-refractivity contribution in [1.29, 1.82) is 0 Å². The summed E-state index contributed by atoms with van der Waals surface area (Å²) in [5, 5.41) is 8.07. The summed E-state index contributed by atoms with van der Waals surface area (Å²) in [5.74, 6) is -0.189. The Morgan fingerprint density at radius 1 is 0.931 bits per heavy atom. The van der Waals surface area contributed by atoms with Crippen LogP contribution in [-0.2, 0) is 4.79 Å². The summed E-state index contributed by atoms with van der Waals surface area (Å²) in [6, 6.07) is 24.8. The van der Waals surface area contributed by atoms with Crippen molar-refractivity contribution in [2.75, 3.05) is 5.32 Å². The van der Waals surface area contributed by atoms with Crippen LogP contribution in [0.15, 0.2) is 97.3 Å². The van der Waals surface area contributed by atoms with Crippen LogP contribution in [0.3, 0.4) is 0 Å². The number of rotatable bonds is 5. The third kappa shape index (κ3) is 4.62. The standard InChI is InChI=1S/C24H18ClN3O/c25-20-11-13-21(14-12-20)28-17-19(16-26-28)22-8-4-5-9-23(22)27-24(29)15-10-18-6-2-1-3-7-18/h1-17H,(H,27,29). The zero-order valence-corrected chi connectivity index (χ0v) is 16.3. The molecule has 5 heteroatoms. The van der Waals surface area contributed by atoms with Crippen LogP contribution in [0.25, 0.3) is 22.9 Å². The lowest BCUT2D eigenvalue weighted by atomic mass is 10.1. The van der Waals surface area contributed by atoms with Gasteiger partial charge in [-0.2, -0.15) is 5.10 Å². The van der Waals surface area contributed by atoms with E-state index in [0.717, 1.165) is 28.1 Å². The molecule has 0 saturated heterocycles. The van der Waals surface area contributed by atoms with Gasteiger partial charge in [-0.1, -0.05) is 60.1 Å². The molecule has 0 aliphatic heterocycles. The Morgan fingerprint density at radius 3 is 2.45 bits per heavy atom. The first-order valence-corrected chi connectivity index (χ1v) is 9.51. The zero-order valence-electron chi connectivity index (χ0n) is 15.5. The van der Waals surface area contributed by atoms with Crippen molar-refractivity contribution in [2.45, 2.75) is 0 Å². The highest BCUT2D eigenvalue weighted by atomic mass is 35.5. The van der Waals surface area contributed by atoms with E-state index in [1.165, 1.54) is 6.08 Å². The van der Waals surface area contributed by atoms with Crippen molar-refractivity contribution in [3.05, 3.63) is 108 Å². The van der Waals surface area contributed by atoms with Gasteiger partial charge in [0.1, 0.15) is 0 Å². The number of halogens is 1. The predicted molar refractivity (Wildman–Crippen MR) is 118 cm³/mol. The summed E-state index contributed by atoms with van der Waals surface area (Å²) >= 11 is 5.96. The fourth-order valence-electron chi connectivity index (χ4n) is 2.95. The monoisotopic (exact) mass is 399 g/mol. The Labute approximate surface area is 174 Å². The summed E-state index contributed by atoms with van der Waals surface area (Å²) in [6.45, 7) is 0. The smallest absolute Gasteiger partial charge is 0.248 e. The van der Waals surface area contributed by atoms with E-state index in [1.54, 1.807) is 17.0 Å². The minimum atomic E-state index is -0.189. The molecule has 1 aromatic heterocycles. The fraction of sp³-hybridized carbons (Fsp3) is 0. The minimum Gasteiger partial charge on any atom is -0.322 e. The third-order valence-electron chi connectivity index (χ3n) is 4.40. The predicted octanol–water partition coefficient (Wildman–Crippen LogP) is 5.84. The Balaban J connectivity index is 1.55. The van der Waals surface area contributed by atoms with Crippen molar-refractivity contribution >= 4 is 29.3 Å². The van der Waals surface area contributed by atoms with Gasteiger partial charge in [0, 0.05) is 34.1 Å². The molecule has 4 rings (SSSR count). The summed E-state index contributed by atoms with van der Waals surface area (Å²) in [4.78, 5) is 12.4. The van der Waals surface area contributed by atoms with Gasteiger partial charge in [0.15, 0.2) is 0 Å². The molecule has 0 radical (unpaired) electrons. The SMILES string of the molecule is O=C(C=Cc1ccccc1)Nc1ccccc1-c1cnn(-c2ccc(Cl)cc2)c1. The van der Waals surface area contributed by atoms with Gasteiger partial charge in [0.25, 0.3) is 0 Å². The van der Waals surface area contributed by atoms with Gasteiger partial charge in [0.2, 0.25) is 5.91 Å². The number of aromatic nitrogens is 2. The normalized spacial score (nSPS) is 10.9. The topological polar surface area (TPSA) is 46.9 Å². The van der Waals surface area contributed by atoms with Crippen LogP contribution in [0, 0.1) is 0 Å². The van der Waals surface area contributed by atoms with Crippen molar-refractivity contribution in [2.24, 2.45) is 0 Å². The third-order valence-corrected chi connectivity index (χ3v) is 4.65. The van der Waals surface area contributed by atoms with E-state index < -0.39 is 0 Å². The van der Waals surface area contributed by atoms with Crippen LogP contribution in [0.1, 0.15) is 5.56 Å². The summed E-state index contributed by atoms with van der Waals surface area (Å²) < 4.78 is 1.78. The van der Waals surface area contributed by atoms with Crippen molar-refractivity contribution in [3.63, 3.8) is 0 Å².